The average Bonchev–Trinajstić information content (AvgIpc) is 3.39. The van der Waals surface area contributed by atoms with E-state index in [2.05, 4.69) is 31.3 Å². The molecule has 4 rings (SSSR count). The predicted molar refractivity (Wildman–Crippen MR) is 112 cm³/mol. The Morgan fingerprint density at radius 3 is 2.82 bits per heavy atom. The maximum atomic E-state index is 12.4. The second kappa shape index (κ2) is 8.24. The largest absolute Gasteiger partial charge is 0.311 e. The molecule has 0 radical (unpaired) electrons. The van der Waals surface area contributed by atoms with E-state index in [0.29, 0.717) is 36.2 Å². The van der Waals surface area contributed by atoms with Crippen molar-refractivity contribution in [3.63, 3.8) is 0 Å². The van der Waals surface area contributed by atoms with E-state index in [0.717, 1.165) is 16.5 Å². The predicted octanol–water partition coefficient (Wildman–Crippen LogP) is 3.46. The third-order valence-corrected chi connectivity index (χ3v) is 5.86. The van der Waals surface area contributed by atoms with Crippen molar-refractivity contribution in [2.45, 2.75) is 25.8 Å². The number of benzene rings is 1. The SMILES string of the molecule is O=C(Cc1csc(N2CCCC2=O)n1)Nc1ccnn1Cc1ccc(Br)cc1. The van der Waals surface area contributed by atoms with Crippen LogP contribution in [-0.2, 0) is 22.6 Å². The van der Waals surface area contributed by atoms with Gasteiger partial charge in [0.1, 0.15) is 5.82 Å². The van der Waals surface area contributed by atoms with Crippen LogP contribution in [-0.4, -0.2) is 33.1 Å². The van der Waals surface area contributed by atoms with Crippen LogP contribution in [0.25, 0.3) is 0 Å². The zero-order valence-electron chi connectivity index (χ0n) is 15.0. The number of rotatable bonds is 6. The molecule has 0 bridgehead atoms. The summed E-state index contributed by atoms with van der Waals surface area (Å²) in [6.45, 7) is 1.26. The summed E-state index contributed by atoms with van der Waals surface area (Å²) < 4.78 is 2.76. The first kappa shape index (κ1) is 18.8. The molecule has 0 spiro atoms. The summed E-state index contributed by atoms with van der Waals surface area (Å²) >= 11 is 4.82. The lowest BCUT2D eigenvalue weighted by Crippen LogP contribution is -2.23. The van der Waals surface area contributed by atoms with Crippen LogP contribution in [0.5, 0.6) is 0 Å². The minimum Gasteiger partial charge on any atom is -0.311 e. The summed E-state index contributed by atoms with van der Waals surface area (Å²) in [7, 11) is 0. The molecule has 1 aliphatic heterocycles. The van der Waals surface area contributed by atoms with E-state index in [9.17, 15) is 9.59 Å². The highest BCUT2D eigenvalue weighted by Crippen LogP contribution is 2.25. The van der Waals surface area contributed by atoms with E-state index < -0.39 is 0 Å². The van der Waals surface area contributed by atoms with Gasteiger partial charge in [-0.3, -0.25) is 14.5 Å². The van der Waals surface area contributed by atoms with Crippen molar-refractivity contribution in [3.05, 3.63) is 57.6 Å². The summed E-state index contributed by atoms with van der Waals surface area (Å²) in [4.78, 5) is 30.4. The van der Waals surface area contributed by atoms with Gasteiger partial charge >= 0.3 is 0 Å². The van der Waals surface area contributed by atoms with E-state index in [1.54, 1.807) is 21.8 Å². The van der Waals surface area contributed by atoms with Gasteiger partial charge in [0.2, 0.25) is 11.8 Å². The second-order valence-corrected chi connectivity index (χ2v) is 8.25. The zero-order valence-corrected chi connectivity index (χ0v) is 17.4. The lowest BCUT2D eigenvalue weighted by atomic mass is 10.2. The Morgan fingerprint density at radius 1 is 1.25 bits per heavy atom. The molecule has 1 fully saturated rings. The molecular weight excluding hydrogens is 442 g/mol. The number of halogens is 1. The first-order valence-corrected chi connectivity index (χ1v) is 10.6. The molecule has 0 saturated carbocycles. The van der Waals surface area contributed by atoms with Gasteiger partial charge in [-0.05, 0) is 24.1 Å². The molecule has 1 N–H and O–H groups in total. The van der Waals surface area contributed by atoms with Crippen molar-refractivity contribution in [1.82, 2.24) is 14.8 Å². The quantitative estimate of drug-likeness (QED) is 0.611. The van der Waals surface area contributed by atoms with Crippen LogP contribution in [0.15, 0.2) is 46.4 Å². The van der Waals surface area contributed by atoms with Crippen molar-refractivity contribution in [2.24, 2.45) is 0 Å². The van der Waals surface area contributed by atoms with E-state index >= 15 is 0 Å². The number of carbonyl (C=O) groups is 2. The fourth-order valence-electron chi connectivity index (χ4n) is 3.03. The van der Waals surface area contributed by atoms with Gasteiger partial charge < -0.3 is 5.32 Å². The minimum absolute atomic E-state index is 0.0993. The highest BCUT2D eigenvalue weighted by atomic mass is 79.9. The van der Waals surface area contributed by atoms with Crippen molar-refractivity contribution in [2.75, 3.05) is 16.8 Å². The number of thiazole rings is 1. The molecule has 0 unspecified atom stereocenters. The lowest BCUT2D eigenvalue weighted by molar-refractivity contribution is -0.117. The lowest BCUT2D eigenvalue weighted by Gasteiger charge is -2.10. The van der Waals surface area contributed by atoms with Gasteiger partial charge in [-0.1, -0.05) is 28.1 Å². The number of nitrogens with zero attached hydrogens (tertiary/aromatic N) is 4. The molecular formula is C19H18BrN5O2S. The van der Waals surface area contributed by atoms with Gasteiger partial charge in [-0.15, -0.1) is 11.3 Å². The Balaban J connectivity index is 1.38. The van der Waals surface area contributed by atoms with Crippen molar-refractivity contribution < 1.29 is 9.59 Å². The van der Waals surface area contributed by atoms with Gasteiger partial charge in [-0.2, -0.15) is 5.10 Å². The third-order valence-electron chi connectivity index (χ3n) is 4.42. The van der Waals surface area contributed by atoms with E-state index in [4.69, 9.17) is 0 Å². The molecule has 3 heterocycles. The molecule has 1 aromatic carbocycles. The molecule has 2 aromatic heterocycles. The highest BCUT2D eigenvalue weighted by Gasteiger charge is 2.24. The van der Waals surface area contributed by atoms with Crippen LogP contribution in [0.4, 0.5) is 10.9 Å². The Hall–Kier alpha value is -2.52. The topological polar surface area (TPSA) is 80.1 Å². The summed E-state index contributed by atoms with van der Waals surface area (Å²) in [6.07, 6.45) is 3.24. The Morgan fingerprint density at radius 2 is 2.07 bits per heavy atom. The highest BCUT2D eigenvalue weighted by molar-refractivity contribution is 9.10. The van der Waals surface area contributed by atoms with E-state index in [-0.39, 0.29) is 18.2 Å². The van der Waals surface area contributed by atoms with Crippen LogP contribution in [0.3, 0.4) is 0 Å². The van der Waals surface area contributed by atoms with Crippen LogP contribution >= 0.6 is 27.3 Å². The van der Waals surface area contributed by atoms with Crippen molar-refractivity contribution in [1.29, 1.82) is 0 Å². The monoisotopic (exact) mass is 459 g/mol. The number of nitrogens with one attached hydrogen (secondary N) is 1. The average molecular weight is 460 g/mol. The van der Waals surface area contributed by atoms with Gasteiger partial charge in [0, 0.05) is 28.9 Å². The number of anilines is 2. The molecule has 1 aliphatic rings. The van der Waals surface area contributed by atoms with Gasteiger partial charge in [0.25, 0.3) is 0 Å². The molecule has 28 heavy (non-hydrogen) atoms. The number of hydrogen-bond acceptors (Lipinski definition) is 5. The number of amides is 2. The molecule has 2 amide bonds. The summed E-state index contributed by atoms with van der Waals surface area (Å²) in [6, 6.07) is 9.73. The first-order chi connectivity index (χ1) is 13.6. The molecule has 0 aliphatic carbocycles. The molecule has 3 aromatic rings. The van der Waals surface area contributed by atoms with Crippen LogP contribution in [0.2, 0.25) is 0 Å². The number of hydrogen-bond donors (Lipinski definition) is 1. The Labute approximate surface area is 174 Å². The Kier molecular flexibility index (Phi) is 5.54. The second-order valence-electron chi connectivity index (χ2n) is 6.50. The zero-order chi connectivity index (χ0) is 19.5. The normalized spacial score (nSPS) is 13.9. The molecule has 7 nitrogen and oxygen atoms in total. The van der Waals surface area contributed by atoms with Crippen LogP contribution in [0, 0.1) is 0 Å². The van der Waals surface area contributed by atoms with Crippen LogP contribution < -0.4 is 10.2 Å². The smallest absolute Gasteiger partial charge is 0.231 e. The number of carbonyl (C=O) groups excluding carboxylic acids is 2. The minimum atomic E-state index is -0.165. The summed E-state index contributed by atoms with van der Waals surface area (Å²) in [5.41, 5.74) is 1.75. The maximum Gasteiger partial charge on any atom is 0.231 e. The number of aromatic nitrogens is 3. The van der Waals surface area contributed by atoms with Gasteiger partial charge in [0.15, 0.2) is 5.13 Å². The van der Waals surface area contributed by atoms with Crippen molar-refractivity contribution >= 4 is 50.0 Å². The fourth-order valence-corrected chi connectivity index (χ4v) is 4.16. The van der Waals surface area contributed by atoms with E-state index in [1.807, 2.05) is 29.6 Å². The standard InChI is InChI=1S/C19H18BrN5O2S/c20-14-5-3-13(4-6-14)11-25-16(7-8-21-25)23-17(26)10-15-12-28-19(22-15)24-9-1-2-18(24)27/h3-8,12H,1-2,9-11H2,(H,23,26). The van der Waals surface area contributed by atoms with Crippen molar-refractivity contribution in [3.8, 4) is 0 Å². The van der Waals surface area contributed by atoms with Gasteiger partial charge in [-0.25, -0.2) is 9.67 Å². The molecule has 144 valence electrons. The van der Waals surface area contributed by atoms with Gasteiger partial charge in [0.05, 0.1) is 24.9 Å². The van der Waals surface area contributed by atoms with E-state index in [1.165, 1.54) is 11.3 Å². The molecule has 9 heteroatoms. The Bertz CT molecular complexity index is 998. The molecule has 1 saturated heterocycles. The van der Waals surface area contributed by atoms with Crippen LogP contribution in [0.1, 0.15) is 24.1 Å². The summed E-state index contributed by atoms with van der Waals surface area (Å²) in [5, 5.41) is 9.69. The maximum absolute atomic E-state index is 12.4. The summed E-state index contributed by atoms with van der Waals surface area (Å²) in [5.74, 6) is 0.572. The third kappa shape index (κ3) is 4.31. The fraction of sp³-hybridized carbons (Fsp3) is 0.263. The molecule has 0 atom stereocenters. The first-order valence-electron chi connectivity index (χ1n) is 8.89.